The summed E-state index contributed by atoms with van der Waals surface area (Å²) in [4.78, 5) is 26.7. The summed E-state index contributed by atoms with van der Waals surface area (Å²) in [5.41, 5.74) is 3.77. The fraction of sp³-hybridized carbons (Fsp3) is 0.286. The molecule has 5 heteroatoms. The quantitative estimate of drug-likeness (QED) is 0.444. The molecule has 0 aliphatic carbocycles. The van der Waals surface area contributed by atoms with Crippen molar-refractivity contribution >= 4 is 17.5 Å². The largest absolute Gasteiger partial charge is 0.483 e. The van der Waals surface area contributed by atoms with Crippen LogP contribution in [0.25, 0.3) is 0 Å². The van der Waals surface area contributed by atoms with E-state index in [-0.39, 0.29) is 24.5 Å². The zero-order chi connectivity index (χ0) is 23.8. The fourth-order valence-electron chi connectivity index (χ4n) is 3.79. The van der Waals surface area contributed by atoms with Crippen molar-refractivity contribution in [2.75, 3.05) is 11.9 Å². The summed E-state index contributed by atoms with van der Waals surface area (Å²) < 4.78 is 5.99. The lowest BCUT2D eigenvalue weighted by molar-refractivity contribution is -0.136. The highest BCUT2D eigenvalue weighted by Crippen LogP contribution is 2.28. The molecule has 0 spiro atoms. The van der Waals surface area contributed by atoms with Crippen LogP contribution in [-0.4, -0.2) is 23.3 Å². The Balaban J connectivity index is 1.83. The molecule has 1 N–H and O–H groups in total. The maximum atomic E-state index is 13.4. The minimum Gasteiger partial charge on any atom is -0.483 e. The maximum absolute atomic E-state index is 13.4. The van der Waals surface area contributed by atoms with Gasteiger partial charge in [-0.15, -0.1) is 0 Å². The van der Waals surface area contributed by atoms with E-state index in [1.165, 1.54) is 6.92 Å². The zero-order valence-electron chi connectivity index (χ0n) is 19.7. The van der Waals surface area contributed by atoms with Crippen molar-refractivity contribution in [1.82, 2.24) is 4.90 Å². The molecule has 0 aliphatic heterocycles. The first kappa shape index (κ1) is 24.1. The van der Waals surface area contributed by atoms with Gasteiger partial charge in [-0.3, -0.25) is 9.59 Å². The Hall–Kier alpha value is -3.60. The number of amides is 2. The van der Waals surface area contributed by atoms with Crippen LogP contribution in [0.2, 0.25) is 0 Å². The van der Waals surface area contributed by atoms with Crippen LogP contribution in [-0.2, 0) is 16.1 Å². The van der Waals surface area contributed by atoms with Crippen LogP contribution in [0.5, 0.6) is 5.75 Å². The van der Waals surface area contributed by atoms with E-state index in [1.807, 2.05) is 90.7 Å². The molecular weight excluding hydrogens is 412 g/mol. The van der Waals surface area contributed by atoms with Gasteiger partial charge in [0.05, 0.1) is 6.04 Å². The lowest BCUT2D eigenvalue weighted by atomic mass is 10.0. The summed E-state index contributed by atoms with van der Waals surface area (Å²) in [5, 5.41) is 2.81. The van der Waals surface area contributed by atoms with Gasteiger partial charge in [0.1, 0.15) is 5.75 Å². The Kier molecular flexibility index (Phi) is 8.25. The number of benzene rings is 3. The van der Waals surface area contributed by atoms with Crippen LogP contribution in [0.3, 0.4) is 0 Å². The molecule has 3 aromatic carbocycles. The van der Waals surface area contributed by atoms with E-state index in [9.17, 15) is 9.59 Å². The van der Waals surface area contributed by atoms with Gasteiger partial charge in [0.15, 0.2) is 6.61 Å². The normalized spacial score (nSPS) is 11.7. The molecule has 3 aromatic rings. The highest BCUT2D eigenvalue weighted by atomic mass is 16.5. The van der Waals surface area contributed by atoms with E-state index in [0.29, 0.717) is 18.2 Å². The number of rotatable bonds is 9. The van der Waals surface area contributed by atoms with Crippen molar-refractivity contribution in [3.63, 3.8) is 0 Å². The van der Waals surface area contributed by atoms with Gasteiger partial charge in [-0.2, -0.15) is 0 Å². The zero-order valence-corrected chi connectivity index (χ0v) is 19.7. The predicted octanol–water partition coefficient (Wildman–Crippen LogP) is 5.94. The second-order valence-electron chi connectivity index (χ2n) is 8.47. The molecule has 0 fully saturated rings. The van der Waals surface area contributed by atoms with Gasteiger partial charge in [0, 0.05) is 19.2 Å². The highest BCUT2D eigenvalue weighted by molar-refractivity contribution is 5.88. The number of hydrogen-bond acceptors (Lipinski definition) is 3. The summed E-state index contributed by atoms with van der Waals surface area (Å²) in [6.07, 6.45) is 0. The maximum Gasteiger partial charge on any atom is 0.261 e. The lowest BCUT2D eigenvalue weighted by Crippen LogP contribution is -2.36. The van der Waals surface area contributed by atoms with Crippen LogP contribution >= 0.6 is 0 Å². The molecule has 0 saturated carbocycles. The number of carbonyl (C=O) groups excluding carboxylic acids is 2. The van der Waals surface area contributed by atoms with Gasteiger partial charge in [-0.1, -0.05) is 74.5 Å². The van der Waals surface area contributed by atoms with E-state index in [4.69, 9.17) is 4.74 Å². The first-order chi connectivity index (χ1) is 15.8. The van der Waals surface area contributed by atoms with Crippen LogP contribution in [0.1, 0.15) is 56.3 Å². The van der Waals surface area contributed by atoms with Gasteiger partial charge in [-0.25, -0.2) is 0 Å². The van der Waals surface area contributed by atoms with Gasteiger partial charge >= 0.3 is 0 Å². The van der Waals surface area contributed by atoms with Crippen molar-refractivity contribution in [2.24, 2.45) is 0 Å². The fourth-order valence-corrected chi connectivity index (χ4v) is 3.79. The molecule has 0 unspecified atom stereocenters. The van der Waals surface area contributed by atoms with E-state index in [0.717, 1.165) is 22.4 Å². The first-order valence-electron chi connectivity index (χ1n) is 11.3. The minimum absolute atomic E-state index is 0.0493. The molecule has 0 aliphatic rings. The Morgan fingerprint density at radius 3 is 2.30 bits per heavy atom. The summed E-state index contributed by atoms with van der Waals surface area (Å²) in [7, 11) is 0. The summed E-state index contributed by atoms with van der Waals surface area (Å²) in [6.45, 7) is 8.10. The van der Waals surface area contributed by atoms with Gasteiger partial charge < -0.3 is 15.0 Å². The van der Waals surface area contributed by atoms with Crippen molar-refractivity contribution in [3.05, 3.63) is 95.6 Å². The first-order valence-corrected chi connectivity index (χ1v) is 11.3. The van der Waals surface area contributed by atoms with Crippen LogP contribution in [0, 0.1) is 0 Å². The number of nitrogens with zero attached hydrogens (tertiary/aromatic N) is 1. The summed E-state index contributed by atoms with van der Waals surface area (Å²) >= 11 is 0. The number of hydrogen-bond donors (Lipinski definition) is 1. The minimum atomic E-state index is -0.213. The molecule has 0 saturated heterocycles. The van der Waals surface area contributed by atoms with E-state index in [1.54, 1.807) is 0 Å². The van der Waals surface area contributed by atoms with Crippen molar-refractivity contribution in [1.29, 1.82) is 0 Å². The summed E-state index contributed by atoms with van der Waals surface area (Å²) in [6, 6.07) is 25.1. The van der Waals surface area contributed by atoms with Gasteiger partial charge in [-0.05, 0) is 47.7 Å². The number of anilines is 1. The second kappa shape index (κ2) is 11.3. The number of carbonyl (C=O) groups is 2. The van der Waals surface area contributed by atoms with Crippen molar-refractivity contribution in [3.8, 4) is 5.75 Å². The Morgan fingerprint density at radius 1 is 0.909 bits per heavy atom. The molecule has 0 bridgehead atoms. The van der Waals surface area contributed by atoms with E-state index >= 15 is 0 Å². The molecule has 0 heterocycles. The highest BCUT2D eigenvalue weighted by Gasteiger charge is 2.23. The standard InChI is InChI=1S/C28H32N2O3/c1-20(2)26-15-8-9-16-27(26)33-19-28(32)30(18-23-11-6-5-7-12-23)21(3)24-13-10-14-25(17-24)29-22(4)31/h5-17,20-21H,18-19H2,1-4H3,(H,29,31)/t21-/m0/s1. The third-order valence-electron chi connectivity index (χ3n) is 5.57. The average Bonchev–Trinajstić information content (AvgIpc) is 2.81. The lowest BCUT2D eigenvalue weighted by Gasteiger charge is -2.30. The molecule has 5 nitrogen and oxygen atoms in total. The molecule has 2 amide bonds. The topological polar surface area (TPSA) is 58.6 Å². The predicted molar refractivity (Wildman–Crippen MR) is 132 cm³/mol. The Labute approximate surface area is 196 Å². The molecular formula is C28H32N2O3. The third kappa shape index (κ3) is 6.69. The van der Waals surface area contributed by atoms with Crippen molar-refractivity contribution in [2.45, 2.75) is 46.2 Å². The molecule has 33 heavy (non-hydrogen) atoms. The second-order valence-corrected chi connectivity index (χ2v) is 8.47. The van der Waals surface area contributed by atoms with Crippen molar-refractivity contribution < 1.29 is 14.3 Å². The Morgan fingerprint density at radius 2 is 1.61 bits per heavy atom. The number of para-hydroxylation sites is 1. The van der Waals surface area contributed by atoms with E-state index < -0.39 is 0 Å². The Bertz CT molecular complexity index is 1080. The molecule has 3 rings (SSSR count). The van der Waals surface area contributed by atoms with Crippen LogP contribution < -0.4 is 10.1 Å². The third-order valence-corrected chi connectivity index (χ3v) is 5.57. The smallest absolute Gasteiger partial charge is 0.261 e. The van der Waals surface area contributed by atoms with Crippen LogP contribution in [0.4, 0.5) is 5.69 Å². The molecule has 0 radical (unpaired) electrons. The monoisotopic (exact) mass is 444 g/mol. The van der Waals surface area contributed by atoms with Crippen LogP contribution in [0.15, 0.2) is 78.9 Å². The van der Waals surface area contributed by atoms with Gasteiger partial charge in [0.25, 0.3) is 5.91 Å². The number of ether oxygens (including phenoxy) is 1. The van der Waals surface area contributed by atoms with Gasteiger partial charge in [0.2, 0.25) is 5.91 Å². The molecule has 0 aromatic heterocycles. The van der Waals surface area contributed by atoms with E-state index in [2.05, 4.69) is 19.2 Å². The number of nitrogens with one attached hydrogen (secondary N) is 1. The molecule has 172 valence electrons. The summed E-state index contributed by atoms with van der Waals surface area (Å²) in [5.74, 6) is 0.803. The molecule has 1 atom stereocenters. The SMILES string of the molecule is CC(=O)Nc1cccc([C@H](C)N(Cc2ccccc2)C(=O)COc2ccccc2C(C)C)c1. The average molecular weight is 445 g/mol.